The highest BCUT2D eigenvalue weighted by Crippen LogP contribution is 2.25. The molecule has 1 aromatic heterocycles. The van der Waals surface area contributed by atoms with E-state index in [1.807, 2.05) is 0 Å². The first-order chi connectivity index (χ1) is 12.8. The van der Waals surface area contributed by atoms with Crippen molar-refractivity contribution in [3.63, 3.8) is 0 Å². The summed E-state index contributed by atoms with van der Waals surface area (Å²) >= 11 is 0. The molecule has 1 aliphatic heterocycles. The van der Waals surface area contributed by atoms with Gasteiger partial charge in [-0.15, -0.1) is 13.2 Å². The minimum absolute atomic E-state index is 0.0731. The van der Waals surface area contributed by atoms with Gasteiger partial charge < -0.3 is 9.42 Å². The lowest BCUT2D eigenvalue weighted by Gasteiger charge is -2.32. The van der Waals surface area contributed by atoms with E-state index in [1.165, 1.54) is 17.0 Å². The minimum Gasteiger partial charge on any atom is -0.342 e. The van der Waals surface area contributed by atoms with Crippen molar-refractivity contribution in [3.8, 4) is 11.4 Å². The maximum atomic E-state index is 13.7. The van der Waals surface area contributed by atoms with Crippen LogP contribution in [0.2, 0.25) is 0 Å². The average molecular weight is 387 g/mol. The van der Waals surface area contributed by atoms with Gasteiger partial charge >= 0.3 is 6.36 Å². The zero-order chi connectivity index (χ0) is 19.4. The summed E-state index contributed by atoms with van der Waals surface area (Å²) in [6, 6.07) is 5.98. The number of halogens is 4. The molecule has 0 spiro atoms. The molecule has 0 saturated carbocycles. The predicted octanol–water partition coefficient (Wildman–Crippen LogP) is 3.34. The summed E-state index contributed by atoms with van der Waals surface area (Å²) < 4.78 is 59.4. The Morgan fingerprint density at radius 1 is 1.26 bits per heavy atom. The molecule has 1 aliphatic rings. The van der Waals surface area contributed by atoms with Gasteiger partial charge in [0.2, 0.25) is 17.6 Å². The zero-order valence-corrected chi connectivity index (χ0v) is 14.2. The molecule has 27 heavy (non-hydrogen) atoms. The number of aryl methyl sites for hydroxylation is 1. The molecule has 0 bridgehead atoms. The van der Waals surface area contributed by atoms with Crippen LogP contribution in [0.25, 0.3) is 11.4 Å². The fraction of sp³-hybridized carbons (Fsp3) is 0.471. The minimum atomic E-state index is -4.66. The molecule has 0 atom stereocenters. The van der Waals surface area contributed by atoms with Gasteiger partial charge in [0, 0.05) is 25.9 Å². The number of alkyl halides is 3. The van der Waals surface area contributed by atoms with Crippen molar-refractivity contribution in [3.05, 3.63) is 36.0 Å². The smallest absolute Gasteiger partial charge is 0.342 e. The van der Waals surface area contributed by atoms with Crippen molar-refractivity contribution in [1.82, 2.24) is 15.0 Å². The van der Waals surface area contributed by atoms with Gasteiger partial charge in [-0.1, -0.05) is 17.3 Å². The van der Waals surface area contributed by atoms with Crippen LogP contribution in [-0.4, -0.2) is 46.5 Å². The van der Waals surface area contributed by atoms with Crippen LogP contribution in [0, 0.1) is 5.82 Å². The number of nitrogens with zero attached hydrogens (tertiary/aromatic N) is 3. The van der Waals surface area contributed by atoms with Crippen LogP contribution in [0.15, 0.2) is 28.8 Å². The van der Waals surface area contributed by atoms with Gasteiger partial charge in [-0.2, -0.15) is 4.98 Å². The zero-order valence-electron chi connectivity index (χ0n) is 14.2. The predicted molar refractivity (Wildman–Crippen MR) is 84.8 cm³/mol. The van der Waals surface area contributed by atoms with Crippen molar-refractivity contribution in [2.75, 3.05) is 13.1 Å². The first-order valence-electron chi connectivity index (χ1n) is 8.41. The van der Waals surface area contributed by atoms with Crippen molar-refractivity contribution in [2.24, 2.45) is 0 Å². The van der Waals surface area contributed by atoms with Gasteiger partial charge in [0.1, 0.15) is 5.82 Å². The SMILES string of the molecule is O=C(CCc1nc(-c2ccccc2F)no1)N1CCC(OC(F)(F)F)CC1. The molecule has 0 N–H and O–H groups in total. The van der Waals surface area contributed by atoms with E-state index >= 15 is 0 Å². The number of ether oxygens (including phenoxy) is 1. The van der Waals surface area contributed by atoms with Crippen molar-refractivity contribution < 1.29 is 31.6 Å². The molecule has 2 heterocycles. The second kappa shape index (κ2) is 8.03. The number of hydrogen-bond donors (Lipinski definition) is 0. The first kappa shape index (κ1) is 19.3. The first-order valence-corrected chi connectivity index (χ1v) is 8.41. The molecule has 6 nitrogen and oxygen atoms in total. The Morgan fingerprint density at radius 3 is 2.63 bits per heavy atom. The van der Waals surface area contributed by atoms with Crippen LogP contribution in [0.3, 0.4) is 0 Å². The van der Waals surface area contributed by atoms with E-state index in [0.29, 0.717) is 0 Å². The molecule has 2 aromatic rings. The number of amides is 1. The molecule has 3 rings (SSSR count). The van der Waals surface area contributed by atoms with E-state index in [1.54, 1.807) is 12.1 Å². The third-order valence-corrected chi connectivity index (χ3v) is 4.23. The number of piperidine rings is 1. The fourth-order valence-electron chi connectivity index (χ4n) is 2.89. The molecule has 0 aliphatic carbocycles. The lowest BCUT2D eigenvalue weighted by molar-refractivity contribution is -0.345. The summed E-state index contributed by atoms with van der Waals surface area (Å²) in [7, 11) is 0. The molecule has 10 heteroatoms. The third-order valence-electron chi connectivity index (χ3n) is 4.23. The van der Waals surface area contributed by atoms with E-state index in [9.17, 15) is 22.4 Å². The highest BCUT2D eigenvalue weighted by atomic mass is 19.4. The molecule has 146 valence electrons. The fourth-order valence-corrected chi connectivity index (χ4v) is 2.89. The van der Waals surface area contributed by atoms with Crippen molar-refractivity contribution in [2.45, 2.75) is 38.1 Å². The summed E-state index contributed by atoms with van der Waals surface area (Å²) in [6.07, 6.45) is -5.09. The molecular weight excluding hydrogens is 370 g/mol. The van der Waals surface area contributed by atoms with E-state index in [2.05, 4.69) is 14.9 Å². The van der Waals surface area contributed by atoms with Gasteiger partial charge in [-0.25, -0.2) is 4.39 Å². The Kier molecular flexibility index (Phi) is 5.73. The molecule has 1 aromatic carbocycles. The molecular formula is C17H17F4N3O3. The van der Waals surface area contributed by atoms with Crippen molar-refractivity contribution >= 4 is 5.91 Å². The van der Waals surface area contributed by atoms with E-state index < -0.39 is 18.3 Å². The standard InChI is InChI=1S/C17H17F4N3O3/c18-13-4-2-1-3-12(13)16-22-14(27-23-16)5-6-15(25)24-9-7-11(8-10-24)26-17(19,20)21/h1-4,11H,5-10H2. The van der Waals surface area contributed by atoms with E-state index in [-0.39, 0.29) is 62.0 Å². The monoisotopic (exact) mass is 387 g/mol. The molecule has 1 amide bonds. The highest BCUT2D eigenvalue weighted by Gasteiger charge is 2.35. The number of carbonyl (C=O) groups excluding carboxylic acids is 1. The third kappa shape index (κ3) is 5.25. The largest absolute Gasteiger partial charge is 0.522 e. The normalized spacial score (nSPS) is 15.9. The average Bonchev–Trinajstić information content (AvgIpc) is 3.08. The summed E-state index contributed by atoms with van der Waals surface area (Å²) in [6.45, 7) is 0.397. The molecule has 1 saturated heterocycles. The van der Waals surface area contributed by atoms with Crippen LogP contribution in [0.1, 0.15) is 25.2 Å². The number of likely N-dealkylation sites (tertiary alicyclic amines) is 1. The molecule has 0 unspecified atom stereocenters. The maximum Gasteiger partial charge on any atom is 0.522 e. The summed E-state index contributed by atoms with van der Waals surface area (Å²) in [5.41, 5.74) is 0.200. The van der Waals surface area contributed by atoms with Crippen LogP contribution < -0.4 is 0 Å². The van der Waals surface area contributed by atoms with Crippen LogP contribution >= 0.6 is 0 Å². The van der Waals surface area contributed by atoms with E-state index in [0.717, 1.165) is 0 Å². The Hall–Kier alpha value is -2.49. The lowest BCUT2D eigenvalue weighted by Crippen LogP contribution is -2.42. The maximum absolute atomic E-state index is 13.7. The summed E-state index contributed by atoms with van der Waals surface area (Å²) in [5, 5.41) is 3.71. The molecule has 1 fully saturated rings. The van der Waals surface area contributed by atoms with Crippen molar-refractivity contribution in [1.29, 1.82) is 0 Å². The molecule has 0 radical (unpaired) electrons. The summed E-state index contributed by atoms with van der Waals surface area (Å²) in [5.74, 6) is -0.409. The number of rotatable bonds is 5. The number of hydrogen-bond acceptors (Lipinski definition) is 5. The number of carbonyl (C=O) groups is 1. The highest BCUT2D eigenvalue weighted by molar-refractivity contribution is 5.76. The Labute approximate surface area is 152 Å². The quantitative estimate of drug-likeness (QED) is 0.736. The van der Waals surface area contributed by atoms with Gasteiger partial charge in [-0.3, -0.25) is 9.53 Å². The van der Waals surface area contributed by atoms with Gasteiger partial charge in [0.15, 0.2) is 0 Å². The van der Waals surface area contributed by atoms with E-state index in [4.69, 9.17) is 4.52 Å². The summed E-state index contributed by atoms with van der Waals surface area (Å²) in [4.78, 5) is 17.8. The second-order valence-corrected chi connectivity index (χ2v) is 6.14. The number of aromatic nitrogens is 2. The Balaban J connectivity index is 1.48. The Bertz CT molecular complexity index is 786. The van der Waals surface area contributed by atoms with Crippen LogP contribution in [-0.2, 0) is 16.0 Å². The number of benzene rings is 1. The van der Waals surface area contributed by atoms with Gasteiger partial charge in [0.25, 0.3) is 0 Å². The van der Waals surface area contributed by atoms with Gasteiger partial charge in [0.05, 0.1) is 11.7 Å². The van der Waals surface area contributed by atoms with Gasteiger partial charge in [-0.05, 0) is 25.0 Å². The second-order valence-electron chi connectivity index (χ2n) is 6.14. The topological polar surface area (TPSA) is 68.5 Å². The Morgan fingerprint density at radius 2 is 1.96 bits per heavy atom. The van der Waals surface area contributed by atoms with Crippen LogP contribution in [0.4, 0.5) is 17.6 Å². The van der Waals surface area contributed by atoms with Crippen LogP contribution in [0.5, 0.6) is 0 Å². The lowest BCUT2D eigenvalue weighted by atomic mass is 10.1.